The van der Waals surface area contributed by atoms with Gasteiger partial charge in [-0.05, 0) is 54.8 Å². The Balaban J connectivity index is 0.00000300. The summed E-state index contributed by atoms with van der Waals surface area (Å²) in [6.07, 6.45) is 3.83. The van der Waals surface area contributed by atoms with Crippen molar-refractivity contribution in [3.8, 4) is 0 Å². The minimum atomic E-state index is 0. The molecule has 3 aromatic rings. The van der Waals surface area contributed by atoms with E-state index < -0.39 is 0 Å². The molecular weight excluding hydrogens is 446 g/mol. The number of benzene rings is 3. The van der Waals surface area contributed by atoms with Crippen molar-refractivity contribution in [2.75, 3.05) is 5.32 Å². The summed E-state index contributed by atoms with van der Waals surface area (Å²) in [6, 6.07) is 19.4. The Morgan fingerprint density at radius 1 is 0.828 bits per heavy atom. The standard InChI is InChI=1S/C23H19Cl3N2.ClH/c1-15-3-9-19(13-21(15)25)27-12-11-23(17-5-7-18(24)8-6-17)28-20-10-4-16(2)22(26)14-20;/h3-14,28H,1-2H3;1H/b23-11+,27-12?;. The molecule has 0 atom stereocenters. The average molecular weight is 466 g/mol. The molecule has 0 amide bonds. The first-order chi connectivity index (χ1) is 13.4. The van der Waals surface area contributed by atoms with Crippen molar-refractivity contribution in [2.24, 2.45) is 0 Å². The predicted molar refractivity (Wildman–Crippen MR) is 122 cm³/mol. The van der Waals surface area contributed by atoms with E-state index in [4.69, 9.17) is 34.8 Å². The molecule has 150 valence electrons. The maximum atomic E-state index is 6.27. The van der Waals surface area contributed by atoms with E-state index in [-0.39, 0.29) is 12.4 Å². The summed E-state index contributed by atoms with van der Waals surface area (Å²) in [6.45, 7) is 3.96. The Labute approximate surface area is 192 Å². The molecule has 0 unspecified atom stereocenters. The fraction of sp³-hybridized carbons (Fsp3) is 0.0870. The van der Waals surface area contributed by atoms with Crippen LogP contribution in [0.2, 0.25) is 15.1 Å². The van der Waals surface area contributed by atoms with Crippen LogP contribution < -0.4 is 22.7 Å². The second kappa shape index (κ2) is 10.7. The first-order valence-corrected chi connectivity index (χ1v) is 9.91. The van der Waals surface area contributed by atoms with Gasteiger partial charge < -0.3 is 17.7 Å². The second-order valence-corrected chi connectivity index (χ2v) is 7.70. The van der Waals surface area contributed by atoms with E-state index in [2.05, 4.69) is 10.3 Å². The van der Waals surface area contributed by atoms with Gasteiger partial charge >= 0.3 is 0 Å². The molecule has 0 radical (unpaired) electrons. The fourth-order valence-electron chi connectivity index (χ4n) is 2.57. The Kier molecular flexibility index (Phi) is 8.60. The molecule has 0 aliphatic heterocycles. The highest BCUT2D eigenvalue weighted by molar-refractivity contribution is 6.32. The van der Waals surface area contributed by atoms with Crippen molar-refractivity contribution >= 4 is 58.1 Å². The summed E-state index contributed by atoms with van der Waals surface area (Å²) in [5.74, 6) is 0. The van der Waals surface area contributed by atoms with Gasteiger partial charge in [0, 0.05) is 33.9 Å². The average Bonchev–Trinajstić information content (AvgIpc) is 2.67. The molecule has 3 aromatic carbocycles. The Morgan fingerprint density at radius 2 is 1.45 bits per heavy atom. The van der Waals surface area contributed by atoms with Crippen molar-refractivity contribution in [1.29, 1.82) is 0 Å². The van der Waals surface area contributed by atoms with Crippen LogP contribution in [0.5, 0.6) is 0 Å². The molecule has 0 spiro atoms. The number of hydrogen-bond acceptors (Lipinski definition) is 1. The third-order valence-corrected chi connectivity index (χ3v) is 5.34. The molecular formula is C23H20Cl4N2. The van der Waals surface area contributed by atoms with Crippen LogP contribution in [0, 0.1) is 13.8 Å². The van der Waals surface area contributed by atoms with E-state index in [0.29, 0.717) is 5.02 Å². The van der Waals surface area contributed by atoms with Crippen LogP contribution in [0.4, 0.5) is 11.4 Å². The van der Waals surface area contributed by atoms with Crippen LogP contribution in [0.15, 0.2) is 66.7 Å². The number of nitrogens with one attached hydrogen (secondary N) is 2. The number of aryl methyl sites for hydroxylation is 2. The summed E-state index contributed by atoms with van der Waals surface area (Å²) in [4.78, 5) is 3.25. The van der Waals surface area contributed by atoms with Gasteiger partial charge in [0.25, 0.3) is 0 Å². The predicted octanol–water partition coefficient (Wildman–Crippen LogP) is 3.20. The molecule has 0 aliphatic carbocycles. The van der Waals surface area contributed by atoms with Crippen molar-refractivity contribution < 1.29 is 17.4 Å². The minimum Gasteiger partial charge on any atom is -1.00 e. The minimum absolute atomic E-state index is 0. The van der Waals surface area contributed by atoms with Gasteiger partial charge in [0.2, 0.25) is 5.69 Å². The third-order valence-electron chi connectivity index (χ3n) is 4.28. The largest absolute Gasteiger partial charge is 1.00 e. The van der Waals surface area contributed by atoms with Crippen LogP contribution in [0.3, 0.4) is 0 Å². The molecule has 0 aliphatic rings. The van der Waals surface area contributed by atoms with Gasteiger partial charge in [-0.15, -0.1) is 0 Å². The molecule has 3 rings (SSSR count). The monoisotopic (exact) mass is 464 g/mol. The fourth-order valence-corrected chi connectivity index (χ4v) is 3.06. The van der Waals surface area contributed by atoms with Crippen molar-refractivity contribution in [3.63, 3.8) is 0 Å². The van der Waals surface area contributed by atoms with Gasteiger partial charge in [0.05, 0.1) is 10.7 Å². The third kappa shape index (κ3) is 6.52. The zero-order valence-corrected chi connectivity index (χ0v) is 19.0. The quantitative estimate of drug-likeness (QED) is 0.556. The number of hydrogen-bond donors (Lipinski definition) is 2. The highest BCUT2D eigenvalue weighted by atomic mass is 35.5. The number of allylic oxidation sites excluding steroid dienone is 1. The van der Waals surface area contributed by atoms with Crippen LogP contribution in [-0.2, 0) is 0 Å². The Bertz CT molecular complexity index is 1040. The van der Waals surface area contributed by atoms with E-state index in [1.54, 1.807) is 0 Å². The molecule has 0 saturated heterocycles. The lowest BCUT2D eigenvalue weighted by Gasteiger charge is -2.12. The number of rotatable bonds is 5. The lowest BCUT2D eigenvalue weighted by molar-refractivity contribution is -0.346. The normalized spacial score (nSPS) is 11.4. The van der Waals surface area contributed by atoms with E-state index >= 15 is 0 Å². The molecule has 29 heavy (non-hydrogen) atoms. The van der Waals surface area contributed by atoms with E-state index in [9.17, 15) is 0 Å². The highest BCUT2D eigenvalue weighted by Gasteiger charge is 2.05. The van der Waals surface area contributed by atoms with Crippen LogP contribution in [0.1, 0.15) is 16.7 Å². The van der Waals surface area contributed by atoms with Crippen molar-refractivity contribution in [3.05, 3.63) is 98.5 Å². The smallest absolute Gasteiger partial charge is 0.204 e. The van der Waals surface area contributed by atoms with Crippen molar-refractivity contribution in [1.82, 2.24) is 0 Å². The highest BCUT2D eigenvalue weighted by Crippen LogP contribution is 2.24. The summed E-state index contributed by atoms with van der Waals surface area (Å²) < 4.78 is 0. The van der Waals surface area contributed by atoms with Gasteiger partial charge in [-0.1, -0.05) is 59.1 Å². The number of halogens is 4. The lowest BCUT2D eigenvalue weighted by atomic mass is 10.1. The van der Waals surface area contributed by atoms with Crippen LogP contribution in [0.25, 0.3) is 5.70 Å². The molecule has 0 bridgehead atoms. The zero-order chi connectivity index (χ0) is 20.1. The van der Waals surface area contributed by atoms with Gasteiger partial charge in [-0.2, -0.15) is 0 Å². The molecule has 0 aromatic heterocycles. The Hall–Kier alpha value is -1.97. The van der Waals surface area contributed by atoms with E-state index in [0.717, 1.165) is 43.8 Å². The maximum absolute atomic E-state index is 6.27. The Morgan fingerprint density at radius 3 is 2.07 bits per heavy atom. The summed E-state index contributed by atoms with van der Waals surface area (Å²) in [7, 11) is 0. The topological polar surface area (TPSA) is 26.0 Å². The molecule has 6 heteroatoms. The van der Waals surface area contributed by atoms with E-state index in [1.807, 2.05) is 86.8 Å². The first-order valence-electron chi connectivity index (χ1n) is 8.78. The van der Waals surface area contributed by atoms with Crippen LogP contribution >= 0.6 is 34.8 Å². The van der Waals surface area contributed by atoms with Gasteiger partial charge in [0.15, 0.2) is 6.21 Å². The second-order valence-electron chi connectivity index (χ2n) is 6.45. The van der Waals surface area contributed by atoms with E-state index in [1.165, 1.54) is 0 Å². The summed E-state index contributed by atoms with van der Waals surface area (Å²) >= 11 is 18.5. The SMILES string of the molecule is Cc1ccc(N/C(=C/C=[NH+]c2ccc(C)c(Cl)c2)c2ccc(Cl)cc2)cc1Cl.[Cl-]. The van der Waals surface area contributed by atoms with Gasteiger partial charge in [-0.25, -0.2) is 4.99 Å². The molecule has 0 heterocycles. The molecule has 2 nitrogen and oxygen atoms in total. The zero-order valence-electron chi connectivity index (χ0n) is 15.9. The van der Waals surface area contributed by atoms with Gasteiger partial charge in [-0.3, -0.25) is 0 Å². The molecule has 0 fully saturated rings. The maximum Gasteiger partial charge on any atom is 0.204 e. The first kappa shape index (κ1) is 23.3. The number of anilines is 1. The molecule has 0 saturated carbocycles. The van der Waals surface area contributed by atoms with Gasteiger partial charge in [0.1, 0.15) is 0 Å². The van der Waals surface area contributed by atoms with Crippen LogP contribution in [-0.4, -0.2) is 6.21 Å². The van der Waals surface area contributed by atoms with Crippen molar-refractivity contribution in [2.45, 2.75) is 13.8 Å². The molecule has 2 N–H and O–H groups in total. The lowest BCUT2D eigenvalue weighted by Crippen LogP contribution is -3.00. The summed E-state index contributed by atoms with van der Waals surface area (Å²) in [5, 5.41) is 5.57. The summed E-state index contributed by atoms with van der Waals surface area (Å²) in [5.41, 5.74) is 5.81.